The molecule has 0 bridgehead atoms. The number of ether oxygens (including phenoxy) is 4. The van der Waals surface area contributed by atoms with E-state index in [-0.39, 0.29) is 91.5 Å². The first-order valence-corrected chi connectivity index (χ1v) is 25.3. The van der Waals surface area contributed by atoms with Gasteiger partial charge in [-0.2, -0.15) is 0 Å². The van der Waals surface area contributed by atoms with Gasteiger partial charge >= 0.3 is 6.09 Å². The molecule has 0 radical (unpaired) electrons. The van der Waals surface area contributed by atoms with Crippen LogP contribution in [0.25, 0.3) is 21.9 Å². The summed E-state index contributed by atoms with van der Waals surface area (Å²) >= 11 is 6.51. The van der Waals surface area contributed by atoms with Crippen LogP contribution in [-0.4, -0.2) is 151 Å². The number of allylic oxidation sites excluding steroid dienone is 1. The molecule has 2 aromatic carbocycles. The predicted octanol–water partition coefficient (Wildman–Crippen LogP) is 6.19. The summed E-state index contributed by atoms with van der Waals surface area (Å²) in [4.78, 5) is 93.3. The lowest BCUT2D eigenvalue weighted by Gasteiger charge is -2.23. The number of nitrogens with one attached hydrogen (secondary N) is 3. The number of furan rings is 1. The molecule has 4 aromatic rings. The lowest BCUT2D eigenvalue weighted by Crippen LogP contribution is -2.33. The van der Waals surface area contributed by atoms with Crippen molar-refractivity contribution in [1.82, 2.24) is 25.4 Å². The van der Waals surface area contributed by atoms with Crippen LogP contribution in [0.4, 0.5) is 16.2 Å². The Morgan fingerprint density at radius 2 is 1.70 bits per heavy atom. The minimum Gasteiger partial charge on any atom is -0.451 e. The number of non-ortho nitro benzene ring substituents is 1. The first-order valence-electron chi connectivity index (χ1n) is 22.5. The minimum atomic E-state index is -0.600. The van der Waals surface area contributed by atoms with Gasteiger partial charge in [0.1, 0.15) is 11.3 Å². The largest absolute Gasteiger partial charge is 0.451 e. The molecule has 4 heterocycles. The van der Waals surface area contributed by atoms with Gasteiger partial charge in [0.2, 0.25) is 11.8 Å². The number of nitro groups is 1. The van der Waals surface area contributed by atoms with Gasteiger partial charge < -0.3 is 48.8 Å². The number of amides is 5. The SMILES string of the molecule is Cc1[nH]c2c(OC(=O)N(C)CCSSC(C)(C)CC(=O)NCCOCCOCCOCCNC(=O)CCN3C(=O)C=CC3=C=O)cc3c(c2c1C)[C@H](CCl)CN3C(=O)c1cc2cc([N+](=O)[O-])ccc2o1. The molecule has 0 fully saturated rings. The molecule has 0 spiro atoms. The zero-order valence-corrected chi connectivity index (χ0v) is 41.9. The molecule has 20 nitrogen and oxygen atoms in total. The van der Waals surface area contributed by atoms with Gasteiger partial charge in [-0.05, 0) is 57.0 Å². The van der Waals surface area contributed by atoms with E-state index in [1.165, 1.54) is 57.0 Å². The van der Waals surface area contributed by atoms with Crippen molar-refractivity contribution in [3.63, 3.8) is 0 Å². The number of alkyl halides is 1. The number of aryl methyl sites for hydroxylation is 2. The Morgan fingerprint density at radius 1 is 1.01 bits per heavy atom. The summed E-state index contributed by atoms with van der Waals surface area (Å²) in [5, 5.41) is 18.2. The quantitative estimate of drug-likeness (QED) is 0.0159. The second-order valence-corrected chi connectivity index (χ2v) is 20.4. The molecular formula is C47H56ClN7O13S2. The maximum atomic E-state index is 14.1. The summed E-state index contributed by atoms with van der Waals surface area (Å²) < 4.78 is 28.0. The number of hydrogen-bond acceptors (Lipinski definition) is 15. The third-order valence-corrected chi connectivity index (χ3v) is 15.0. The molecule has 376 valence electrons. The molecule has 0 saturated carbocycles. The summed E-state index contributed by atoms with van der Waals surface area (Å²) in [7, 11) is 4.72. The normalized spacial score (nSPS) is 14.4. The highest BCUT2D eigenvalue weighted by atomic mass is 35.5. The van der Waals surface area contributed by atoms with Crippen LogP contribution < -0.4 is 20.3 Å². The van der Waals surface area contributed by atoms with Crippen LogP contribution in [-0.2, 0) is 33.4 Å². The van der Waals surface area contributed by atoms with E-state index in [1.807, 2.05) is 27.7 Å². The number of halogens is 1. The molecule has 2 aromatic heterocycles. The molecule has 0 saturated heterocycles. The lowest BCUT2D eigenvalue weighted by molar-refractivity contribution is -0.384. The van der Waals surface area contributed by atoms with Crippen LogP contribution in [0.3, 0.4) is 0 Å². The average molecular weight is 1030 g/mol. The van der Waals surface area contributed by atoms with Gasteiger partial charge in [-0.3, -0.25) is 34.2 Å². The van der Waals surface area contributed by atoms with Crippen molar-refractivity contribution >= 4 is 102 Å². The van der Waals surface area contributed by atoms with Crippen molar-refractivity contribution in [2.75, 3.05) is 95.9 Å². The molecular weight excluding hydrogens is 970 g/mol. The van der Waals surface area contributed by atoms with Crippen LogP contribution in [0, 0.1) is 24.0 Å². The summed E-state index contributed by atoms with van der Waals surface area (Å²) in [6.07, 6.45) is 2.33. The number of benzene rings is 2. The van der Waals surface area contributed by atoms with Crippen LogP contribution in [0.2, 0.25) is 0 Å². The Labute approximate surface area is 416 Å². The highest BCUT2D eigenvalue weighted by Crippen LogP contribution is 2.48. The number of hydrogen-bond donors (Lipinski definition) is 3. The lowest BCUT2D eigenvalue weighted by atomic mass is 9.96. The monoisotopic (exact) mass is 1030 g/mol. The zero-order valence-electron chi connectivity index (χ0n) is 39.5. The topological polar surface area (TPSA) is 245 Å². The molecule has 70 heavy (non-hydrogen) atoms. The summed E-state index contributed by atoms with van der Waals surface area (Å²) in [5.74, 6) is 1.24. The number of carbonyl (C=O) groups is 5. The van der Waals surface area contributed by atoms with Crippen LogP contribution in [0.1, 0.15) is 60.0 Å². The van der Waals surface area contributed by atoms with Gasteiger partial charge in [-0.1, -0.05) is 21.6 Å². The van der Waals surface area contributed by atoms with Gasteiger partial charge in [0.15, 0.2) is 17.5 Å². The third-order valence-electron chi connectivity index (χ3n) is 11.4. The zero-order chi connectivity index (χ0) is 50.5. The summed E-state index contributed by atoms with van der Waals surface area (Å²) in [6, 6.07) is 7.27. The number of nitro benzene ring substituents is 1. The van der Waals surface area contributed by atoms with Crippen LogP contribution >= 0.6 is 33.2 Å². The Balaban J connectivity index is 0.862. The van der Waals surface area contributed by atoms with E-state index >= 15 is 0 Å². The molecule has 1 atom stereocenters. The van der Waals surface area contributed by atoms with Crippen molar-refractivity contribution in [1.29, 1.82) is 0 Å². The number of fused-ring (bicyclic) bond motifs is 4. The standard InChI is InChI=1S/C47H56ClN7O13S2/c1-29-30(2)51-44-37(24-35-43(42(29)44)32(26-48)27-54(35)45(60)38-23-31-22-33(55(62)63)6-8-36(31)67-38)68-46(61)52(5)14-21-69-70-47(3,4)25-40(58)50-12-16-65-18-20-66-19-17-64-15-11-49-39(57)10-13-53-34(28-56)7-9-41(53)59/h6-9,22-24,32,51H,10-21,25-27H2,1-5H3,(H,49,57)(H,50,58)/t32-/m1/s1. The maximum absolute atomic E-state index is 14.1. The number of carbonyl (C=O) groups excluding carboxylic acids is 6. The fourth-order valence-corrected chi connectivity index (χ4v) is 10.5. The summed E-state index contributed by atoms with van der Waals surface area (Å²) in [5.41, 5.74) is 4.09. The predicted molar refractivity (Wildman–Crippen MR) is 266 cm³/mol. The van der Waals surface area contributed by atoms with Gasteiger partial charge in [-0.15, -0.1) is 11.6 Å². The maximum Gasteiger partial charge on any atom is 0.415 e. The average Bonchev–Trinajstić information content (AvgIpc) is 4.10. The Hall–Kier alpha value is -5.87. The van der Waals surface area contributed by atoms with E-state index < -0.39 is 21.7 Å². The third kappa shape index (κ3) is 13.7. The minimum absolute atomic E-state index is 0.000729. The number of nitrogens with zero attached hydrogens (tertiary/aromatic N) is 4. The molecule has 0 aliphatic carbocycles. The molecule has 3 N–H and O–H groups in total. The summed E-state index contributed by atoms with van der Waals surface area (Å²) in [6.45, 7) is 11.1. The van der Waals surface area contributed by atoms with Gasteiger partial charge in [0.25, 0.3) is 17.5 Å². The second-order valence-electron chi connectivity index (χ2n) is 17.0. The fourth-order valence-electron chi connectivity index (χ4n) is 7.73. The molecule has 2 aliphatic rings. The van der Waals surface area contributed by atoms with Crippen LogP contribution in [0.5, 0.6) is 5.75 Å². The molecule has 0 unspecified atom stereocenters. The van der Waals surface area contributed by atoms with E-state index in [0.29, 0.717) is 74.1 Å². The second kappa shape index (κ2) is 24.8. The van der Waals surface area contributed by atoms with Gasteiger partial charge in [0, 0.05) is 116 Å². The Bertz CT molecular complexity index is 2680. The number of aromatic nitrogens is 1. The number of rotatable bonds is 26. The van der Waals surface area contributed by atoms with Crippen molar-refractivity contribution < 1.29 is 57.1 Å². The molecule has 6 rings (SSSR count). The molecule has 2 aliphatic heterocycles. The molecule has 5 amide bonds. The number of aromatic amines is 1. The smallest absolute Gasteiger partial charge is 0.415 e. The van der Waals surface area contributed by atoms with Gasteiger partial charge in [0.05, 0.1) is 55.8 Å². The highest BCUT2D eigenvalue weighted by Gasteiger charge is 2.38. The van der Waals surface area contributed by atoms with E-state index in [0.717, 1.165) is 22.2 Å². The number of H-pyrrole nitrogens is 1. The Morgan fingerprint density at radius 3 is 2.37 bits per heavy atom. The van der Waals surface area contributed by atoms with E-state index in [2.05, 4.69) is 15.6 Å². The molecule has 23 heteroatoms. The highest BCUT2D eigenvalue weighted by molar-refractivity contribution is 8.77. The van der Waals surface area contributed by atoms with Crippen molar-refractivity contribution in [3.05, 3.63) is 80.9 Å². The van der Waals surface area contributed by atoms with Gasteiger partial charge in [-0.25, -0.2) is 9.59 Å². The van der Waals surface area contributed by atoms with Crippen LogP contribution in [0.15, 0.2) is 52.6 Å². The van der Waals surface area contributed by atoms with E-state index in [4.69, 9.17) is 35.0 Å². The first-order chi connectivity index (χ1) is 33.5. The fraction of sp³-hybridized carbons (Fsp3) is 0.468. The van der Waals surface area contributed by atoms with E-state index in [1.54, 1.807) is 34.7 Å². The van der Waals surface area contributed by atoms with Crippen molar-refractivity contribution in [2.24, 2.45) is 0 Å². The van der Waals surface area contributed by atoms with Crippen molar-refractivity contribution in [3.8, 4) is 5.75 Å². The van der Waals surface area contributed by atoms with E-state index in [9.17, 15) is 38.9 Å². The first kappa shape index (κ1) is 53.5. The van der Waals surface area contributed by atoms with Crippen molar-refractivity contribution in [2.45, 2.75) is 51.2 Å². The number of anilines is 1. The Kier molecular flexibility index (Phi) is 18.9.